The maximum atomic E-state index is 2.38. The fourth-order valence-corrected chi connectivity index (χ4v) is 2.19. The molecule has 0 aliphatic carbocycles. The standard InChI is InChI=1S/C14H19N/c1-5-13-7-6-12-8-10(2)11(3)9-14(12)15(13)4/h6-9,13H,5H2,1-4H3. The van der Waals surface area contributed by atoms with E-state index < -0.39 is 0 Å². The zero-order valence-corrected chi connectivity index (χ0v) is 10.0. The molecule has 1 heteroatoms. The molecule has 1 atom stereocenters. The van der Waals surface area contributed by atoms with Gasteiger partial charge >= 0.3 is 0 Å². The van der Waals surface area contributed by atoms with E-state index in [9.17, 15) is 0 Å². The second-order valence-electron chi connectivity index (χ2n) is 4.44. The number of aryl methyl sites for hydroxylation is 2. The summed E-state index contributed by atoms with van der Waals surface area (Å²) >= 11 is 0. The molecule has 80 valence electrons. The molecule has 1 nitrogen and oxygen atoms in total. The van der Waals surface area contributed by atoms with Gasteiger partial charge in [-0.2, -0.15) is 0 Å². The summed E-state index contributed by atoms with van der Waals surface area (Å²) in [6, 6.07) is 5.14. The summed E-state index contributed by atoms with van der Waals surface area (Å²) in [7, 11) is 2.19. The normalized spacial score (nSPS) is 19.2. The highest BCUT2D eigenvalue weighted by Gasteiger charge is 2.17. The first-order valence-corrected chi connectivity index (χ1v) is 5.65. The Morgan fingerprint density at radius 2 is 1.87 bits per heavy atom. The van der Waals surface area contributed by atoms with E-state index in [-0.39, 0.29) is 0 Å². The van der Waals surface area contributed by atoms with E-state index in [0.717, 1.165) is 0 Å². The van der Waals surface area contributed by atoms with E-state index in [1.807, 2.05) is 0 Å². The second kappa shape index (κ2) is 3.73. The summed E-state index contributed by atoms with van der Waals surface area (Å²) in [5.41, 5.74) is 5.48. The second-order valence-corrected chi connectivity index (χ2v) is 4.44. The molecule has 0 saturated carbocycles. The van der Waals surface area contributed by atoms with Crippen LogP contribution in [-0.4, -0.2) is 13.1 Å². The first-order valence-electron chi connectivity index (χ1n) is 5.65. The Hall–Kier alpha value is -1.24. The Bertz CT molecular complexity index is 404. The van der Waals surface area contributed by atoms with Gasteiger partial charge in [0.25, 0.3) is 0 Å². The average Bonchev–Trinajstić information content (AvgIpc) is 2.22. The van der Waals surface area contributed by atoms with Gasteiger partial charge in [-0.25, -0.2) is 0 Å². The van der Waals surface area contributed by atoms with E-state index in [1.165, 1.54) is 28.8 Å². The number of fused-ring (bicyclic) bond motifs is 1. The zero-order chi connectivity index (χ0) is 11.0. The largest absolute Gasteiger partial charge is 0.368 e. The van der Waals surface area contributed by atoms with Crippen LogP contribution >= 0.6 is 0 Å². The highest BCUT2D eigenvalue weighted by atomic mass is 15.1. The van der Waals surface area contributed by atoms with E-state index in [2.05, 4.69) is 57.0 Å². The van der Waals surface area contributed by atoms with Gasteiger partial charge in [0.2, 0.25) is 0 Å². The molecule has 0 N–H and O–H groups in total. The van der Waals surface area contributed by atoms with E-state index in [0.29, 0.717) is 6.04 Å². The summed E-state index contributed by atoms with van der Waals surface area (Å²) in [4.78, 5) is 2.38. The molecule has 1 aliphatic heterocycles. The summed E-state index contributed by atoms with van der Waals surface area (Å²) in [5.74, 6) is 0. The quantitative estimate of drug-likeness (QED) is 0.671. The van der Waals surface area contributed by atoms with E-state index >= 15 is 0 Å². The predicted octanol–water partition coefficient (Wildman–Crippen LogP) is 3.55. The third-order valence-electron chi connectivity index (χ3n) is 3.44. The highest BCUT2D eigenvalue weighted by molar-refractivity contribution is 5.73. The fraction of sp³-hybridized carbons (Fsp3) is 0.429. The van der Waals surface area contributed by atoms with Crippen LogP contribution in [0.1, 0.15) is 30.0 Å². The molecule has 2 rings (SSSR count). The van der Waals surface area contributed by atoms with Crippen LogP contribution in [0.2, 0.25) is 0 Å². The molecule has 0 spiro atoms. The fourth-order valence-electron chi connectivity index (χ4n) is 2.19. The van der Waals surface area contributed by atoms with Crippen LogP contribution in [0.5, 0.6) is 0 Å². The lowest BCUT2D eigenvalue weighted by atomic mass is 9.97. The van der Waals surface area contributed by atoms with Gasteiger partial charge in [0.15, 0.2) is 0 Å². The molecule has 0 radical (unpaired) electrons. The van der Waals surface area contributed by atoms with E-state index in [1.54, 1.807) is 0 Å². The minimum Gasteiger partial charge on any atom is -0.368 e. The first kappa shape index (κ1) is 10.3. The number of likely N-dealkylation sites (N-methyl/N-ethyl adjacent to an activating group) is 1. The van der Waals surface area contributed by atoms with Crippen molar-refractivity contribution in [1.29, 1.82) is 0 Å². The molecule has 1 heterocycles. The summed E-state index contributed by atoms with van der Waals surface area (Å²) < 4.78 is 0. The number of nitrogens with zero attached hydrogens (tertiary/aromatic N) is 1. The van der Waals surface area contributed by atoms with Crippen LogP contribution in [0.15, 0.2) is 18.2 Å². The minimum atomic E-state index is 0.555. The molecule has 0 aromatic heterocycles. The lowest BCUT2D eigenvalue weighted by Crippen LogP contribution is -2.31. The van der Waals surface area contributed by atoms with Crippen molar-refractivity contribution in [2.45, 2.75) is 33.2 Å². The molecule has 0 bridgehead atoms. The Labute approximate surface area is 92.4 Å². The van der Waals surface area contributed by atoms with Gasteiger partial charge in [0.1, 0.15) is 0 Å². The van der Waals surface area contributed by atoms with Crippen molar-refractivity contribution in [2.75, 3.05) is 11.9 Å². The van der Waals surface area contributed by atoms with E-state index in [4.69, 9.17) is 0 Å². The molecule has 0 saturated heterocycles. The van der Waals surface area contributed by atoms with Crippen LogP contribution in [0, 0.1) is 13.8 Å². The molecule has 15 heavy (non-hydrogen) atoms. The topological polar surface area (TPSA) is 3.24 Å². The molecule has 0 fully saturated rings. The smallest absolute Gasteiger partial charge is 0.0470 e. The molecule has 1 aromatic rings. The Balaban J connectivity index is 2.50. The van der Waals surface area contributed by atoms with Crippen molar-refractivity contribution in [3.63, 3.8) is 0 Å². The zero-order valence-electron chi connectivity index (χ0n) is 10.0. The lowest BCUT2D eigenvalue weighted by molar-refractivity contribution is 0.718. The van der Waals surface area contributed by atoms with Gasteiger partial charge < -0.3 is 4.90 Å². The van der Waals surface area contributed by atoms with Crippen molar-refractivity contribution in [1.82, 2.24) is 0 Å². The summed E-state index contributed by atoms with van der Waals surface area (Å²) in [5, 5.41) is 0. The van der Waals surface area contributed by atoms with Crippen LogP contribution < -0.4 is 4.90 Å². The SMILES string of the molecule is CCC1C=Cc2cc(C)c(C)cc2N1C. The predicted molar refractivity (Wildman–Crippen MR) is 67.4 cm³/mol. The van der Waals surface area contributed by atoms with Crippen molar-refractivity contribution in [3.8, 4) is 0 Å². The van der Waals surface area contributed by atoms with Gasteiger partial charge in [-0.05, 0) is 49.1 Å². The number of hydrogen-bond donors (Lipinski definition) is 0. The van der Waals surface area contributed by atoms with Crippen LogP contribution in [0.4, 0.5) is 5.69 Å². The number of rotatable bonds is 1. The Kier molecular flexibility index (Phi) is 2.56. The number of anilines is 1. The van der Waals surface area contributed by atoms with Crippen LogP contribution in [0.3, 0.4) is 0 Å². The molecule has 1 aromatic carbocycles. The molecular weight excluding hydrogens is 182 g/mol. The average molecular weight is 201 g/mol. The van der Waals surface area contributed by atoms with Crippen molar-refractivity contribution >= 4 is 11.8 Å². The Morgan fingerprint density at radius 3 is 2.53 bits per heavy atom. The monoisotopic (exact) mass is 201 g/mol. The van der Waals surface area contributed by atoms with Gasteiger partial charge in [-0.15, -0.1) is 0 Å². The first-order chi connectivity index (χ1) is 7.13. The van der Waals surface area contributed by atoms with Gasteiger partial charge in [0, 0.05) is 18.8 Å². The maximum Gasteiger partial charge on any atom is 0.0470 e. The van der Waals surface area contributed by atoms with Crippen molar-refractivity contribution in [3.05, 3.63) is 34.9 Å². The molecule has 0 amide bonds. The van der Waals surface area contributed by atoms with Crippen LogP contribution in [-0.2, 0) is 0 Å². The van der Waals surface area contributed by atoms with Crippen molar-refractivity contribution < 1.29 is 0 Å². The third-order valence-corrected chi connectivity index (χ3v) is 3.44. The molecular formula is C14H19N. The third kappa shape index (κ3) is 1.67. The molecule has 1 unspecified atom stereocenters. The minimum absolute atomic E-state index is 0.555. The summed E-state index contributed by atoms with van der Waals surface area (Å²) in [6.45, 7) is 6.59. The van der Waals surface area contributed by atoms with Gasteiger partial charge in [-0.3, -0.25) is 0 Å². The van der Waals surface area contributed by atoms with Gasteiger partial charge in [0.05, 0.1) is 0 Å². The van der Waals surface area contributed by atoms with Gasteiger partial charge in [-0.1, -0.05) is 19.1 Å². The molecule has 1 aliphatic rings. The number of benzene rings is 1. The van der Waals surface area contributed by atoms with Crippen LogP contribution in [0.25, 0.3) is 6.08 Å². The lowest BCUT2D eigenvalue weighted by Gasteiger charge is -2.32. The summed E-state index contributed by atoms with van der Waals surface area (Å²) in [6.07, 6.45) is 5.73. The Morgan fingerprint density at radius 1 is 1.20 bits per heavy atom. The van der Waals surface area contributed by atoms with Crippen molar-refractivity contribution in [2.24, 2.45) is 0 Å². The highest BCUT2D eigenvalue weighted by Crippen LogP contribution is 2.31. The maximum absolute atomic E-state index is 2.38. The number of hydrogen-bond acceptors (Lipinski definition) is 1.